The van der Waals surface area contributed by atoms with Gasteiger partial charge in [-0.1, -0.05) is 30.3 Å². The number of nitrogens with zero attached hydrogens (tertiary/aromatic N) is 2. The van der Waals surface area contributed by atoms with Crippen molar-refractivity contribution in [3.8, 4) is 0 Å². The summed E-state index contributed by atoms with van der Waals surface area (Å²) < 4.78 is 32.1. The van der Waals surface area contributed by atoms with Gasteiger partial charge in [0.05, 0.1) is 25.2 Å². The molecule has 1 aliphatic heterocycles. The number of nitrogens with one attached hydrogen (secondary N) is 1. The van der Waals surface area contributed by atoms with Crippen molar-refractivity contribution < 1.29 is 13.2 Å². The lowest BCUT2D eigenvalue weighted by atomic mass is 10.1. The molecule has 0 radical (unpaired) electrons. The summed E-state index contributed by atoms with van der Waals surface area (Å²) in [5, 5.41) is 0.135. The summed E-state index contributed by atoms with van der Waals surface area (Å²) in [6, 6.07) is 10.1. The molecular weight excluding hydrogens is 302 g/mol. The molecule has 6 nitrogen and oxygen atoms in total. The van der Waals surface area contributed by atoms with Crippen LogP contribution in [0.25, 0.3) is 0 Å². The van der Waals surface area contributed by atoms with Crippen molar-refractivity contribution >= 4 is 10.0 Å². The maximum atomic E-state index is 12.5. The van der Waals surface area contributed by atoms with E-state index in [9.17, 15) is 8.42 Å². The van der Waals surface area contributed by atoms with E-state index in [1.165, 1.54) is 22.4 Å². The standard InChI is InChI=1S/C15H19N3O3S/c19-22(20,15-10-16-12-17-15)18-8-9-21-14(11-18)7-6-13-4-2-1-3-5-13/h1-5,10,12,14H,6-9,11H2,(H,16,17). The van der Waals surface area contributed by atoms with Crippen molar-refractivity contribution in [3.05, 3.63) is 48.4 Å². The van der Waals surface area contributed by atoms with Gasteiger partial charge < -0.3 is 9.72 Å². The van der Waals surface area contributed by atoms with E-state index >= 15 is 0 Å². The average Bonchev–Trinajstić information content (AvgIpc) is 3.09. The number of rotatable bonds is 5. The van der Waals surface area contributed by atoms with Gasteiger partial charge in [-0.25, -0.2) is 13.4 Å². The highest BCUT2D eigenvalue weighted by Crippen LogP contribution is 2.19. The molecule has 1 unspecified atom stereocenters. The van der Waals surface area contributed by atoms with Gasteiger partial charge in [0.25, 0.3) is 10.0 Å². The smallest absolute Gasteiger partial charge is 0.260 e. The molecule has 1 fully saturated rings. The number of aryl methyl sites for hydroxylation is 1. The summed E-state index contributed by atoms with van der Waals surface area (Å²) >= 11 is 0. The molecule has 1 N–H and O–H groups in total. The van der Waals surface area contributed by atoms with Gasteiger partial charge in [0.2, 0.25) is 0 Å². The number of morpholine rings is 1. The Labute approximate surface area is 130 Å². The van der Waals surface area contributed by atoms with Crippen molar-refractivity contribution in [2.45, 2.75) is 24.0 Å². The van der Waals surface area contributed by atoms with Gasteiger partial charge >= 0.3 is 0 Å². The first-order valence-corrected chi connectivity index (χ1v) is 8.74. The molecule has 2 aromatic rings. The van der Waals surface area contributed by atoms with E-state index in [0.29, 0.717) is 19.7 Å². The number of sulfonamides is 1. The van der Waals surface area contributed by atoms with Crippen molar-refractivity contribution in [2.24, 2.45) is 0 Å². The minimum Gasteiger partial charge on any atom is -0.375 e. The molecule has 1 saturated heterocycles. The molecule has 2 heterocycles. The Balaban J connectivity index is 1.62. The Hall–Kier alpha value is -1.70. The third-order valence-corrected chi connectivity index (χ3v) is 5.58. The van der Waals surface area contributed by atoms with Gasteiger partial charge in [0, 0.05) is 13.1 Å². The van der Waals surface area contributed by atoms with E-state index < -0.39 is 10.0 Å². The highest BCUT2D eigenvalue weighted by molar-refractivity contribution is 7.89. The molecule has 0 aliphatic carbocycles. The number of aromatic nitrogens is 2. The average molecular weight is 321 g/mol. The molecule has 118 valence electrons. The summed E-state index contributed by atoms with van der Waals surface area (Å²) in [6.07, 6.45) is 4.32. The highest BCUT2D eigenvalue weighted by atomic mass is 32.2. The van der Waals surface area contributed by atoms with Gasteiger partial charge in [-0.05, 0) is 18.4 Å². The van der Waals surface area contributed by atoms with E-state index in [1.54, 1.807) is 0 Å². The molecule has 0 spiro atoms. The van der Waals surface area contributed by atoms with Crippen LogP contribution in [0.1, 0.15) is 12.0 Å². The Morgan fingerprint density at radius 2 is 2.14 bits per heavy atom. The molecule has 1 aromatic heterocycles. The van der Waals surface area contributed by atoms with Gasteiger partial charge in [-0.15, -0.1) is 0 Å². The van der Waals surface area contributed by atoms with Gasteiger partial charge in [0.15, 0.2) is 5.03 Å². The van der Waals surface area contributed by atoms with E-state index in [4.69, 9.17) is 4.74 Å². The number of H-pyrrole nitrogens is 1. The monoisotopic (exact) mass is 321 g/mol. The summed E-state index contributed by atoms with van der Waals surface area (Å²) in [5.74, 6) is 0. The van der Waals surface area contributed by atoms with Crippen molar-refractivity contribution in [1.82, 2.24) is 14.3 Å². The maximum absolute atomic E-state index is 12.5. The van der Waals surface area contributed by atoms with Crippen LogP contribution in [0, 0.1) is 0 Å². The normalized spacial score (nSPS) is 20.1. The lowest BCUT2D eigenvalue weighted by Crippen LogP contribution is -2.45. The second-order valence-corrected chi connectivity index (χ2v) is 7.20. The fourth-order valence-corrected chi connectivity index (χ4v) is 3.93. The van der Waals surface area contributed by atoms with Crippen molar-refractivity contribution in [2.75, 3.05) is 19.7 Å². The number of benzene rings is 1. The molecule has 0 saturated carbocycles. The Morgan fingerprint density at radius 3 is 2.86 bits per heavy atom. The van der Waals surface area contributed by atoms with E-state index in [2.05, 4.69) is 22.1 Å². The van der Waals surface area contributed by atoms with Crippen LogP contribution in [-0.2, 0) is 21.2 Å². The van der Waals surface area contributed by atoms with Crippen LogP contribution in [0.4, 0.5) is 0 Å². The maximum Gasteiger partial charge on any atom is 0.260 e. The third-order valence-electron chi connectivity index (χ3n) is 3.79. The number of aromatic amines is 1. The van der Waals surface area contributed by atoms with E-state index in [1.807, 2.05) is 18.2 Å². The molecule has 7 heteroatoms. The minimum atomic E-state index is -3.50. The van der Waals surface area contributed by atoms with Gasteiger partial charge in [-0.3, -0.25) is 0 Å². The quantitative estimate of drug-likeness (QED) is 0.904. The van der Waals surface area contributed by atoms with Crippen LogP contribution in [0.2, 0.25) is 0 Å². The first-order valence-electron chi connectivity index (χ1n) is 7.30. The zero-order valence-corrected chi connectivity index (χ0v) is 13.0. The predicted octanol–water partition coefficient (Wildman–Crippen LogP) is 1.43. The van der Waals surface area contributed by atoms with Gasteiger partial charge in [0.1, 0.15) is 0 Å². The molecule has 1 atom stereocenters. The first-order chi connectivity index (χ1) is 10.7. The molecule has 1 aromatic carbocycles. The third kappa shape index (κ3) is 3.37. The number of hydrogen-bond donors (Lipinski definition) is 1. The lowest BCUT2D eigenvalue weighted by molar-refractivity contribution is -0.00532. The fourth-order valence-electron chi connectivity index (χ4n) is 2.58. The Bertz CT molecular complexity index is 686. The van der Waals surface area contributed by atoms with Gasteiger partial charge in [-0.2, -0.15) is 4.31 Å². The molecular formula is C15H19N3O3S. The van der Waals surface area contributed by atoms with Crippen molar-refractivity contribution in [1.29, 1.82) is 0 Å². The Kier molecular flexibility index (Phi) is 4.56. The second kappa shape index (κ2) is 6.60. The first kappa shape index (κ1) is 15.2. The zero-order chi connectivity index (χ0) is 15.4. The van der Waals surface area contributed by atoms with Crippen LogP contribution in [0.5, 0.6) is 0 Å². The predicted molar refractivity (Wildman–Crippen MR) is 81.8 cm³/mol. The number of ether oxygens (including phenoxy) is 1. The molecule has 0 bridgehead atoms. The van der Waals surface area contributed by atoms with E-state index in [-0.39, 0.29) is 11.1 Å². The topological polar surface area (TPSA) is 75.3 Å². The highest BCUT2D eigenvalue weighted by Gasteiger charge is 2.31. The van der Waals surface area contributed by atoms with Crippen LogP contribution >= 0.6 is 0 Å². The van der Waals surface area contributed by atoms with Crippen LogP contribution in [0.15, 0.2) is 47.9 Å². The fraction of sp³-hybridized carbons (Fsp3) is 0.400. The summed E-state index contributed by atoms with van der Waals surface area (Å²) in [7, 11) is -3.50. The number of hydrogen-bond acceptors (Lipinski definition) is 4. The Morgan fingerprint density at radius 1 is 1.32 bits per heavy atom. The second-order valence-electron chi connectivity index (χ2n) is 5.30. The van der Waals surface area contributed by atoms with Crippen LogP contribution in [0.3, 0.4) is 0 Å². The number of imidazole rings is 1. The summed E-state index contributed by atoms with van der Waals surface area (Å²) in [6.45, 7) is 1.18. The molecule has 3 rings (SSSR count). The van der Waals surface area contributed by atoms with Crippen molar-refractivity contribution in [3.63, 3.8) is 0 Å². The summed E-state index contributed by atoms with van der Waals surface area (Å²) in [4.78, 5) is 6.45. The van der Waals surface area contributed by atoms with Crippen LogP contribution in [-0.4, -0.2) is 48.5 Å². The molecule has 22 heavy (non-hydrogen) atoms. The lowest BCUT2D eigenvalue weighted by Gasteiger charge is -2.31. The van der Waals surface area contributed by atoms with Crippen LogP contribution < -0.4 is 0 Å². The molecule has 0 amide bonds. The summed E-state index contributed by atoms with van der Waals surface area (Å²) in [5.41, 5.74) is 1.24. The molecule has 1 aliphatic rings. The van der Waals surface area contributed by atoms with E-state index in [0.717, 1.165) is 12.8 Å². The minimum absolute atomic E-state index is 0.0772. The zero-order valence-electron chi connectivity index (χ0n) is 12.2. The largest absolute Gasteiger partial charge is 0.375 e. The SMILES string of the molecule is O=S(=O)(c1cnc[nH]1)N1CCOC(CCc2ccccc2)C1.